The molecule has 0 aliphatic heterocycles. The molecular weight excluding hydrogens is 1020 g/mol. The summed E-state index contributed by atoms with van der Waals surface area (Å²) >= 11 is 7.01. The molecule has 3 aromatic heterocycles. The van der Waals surface area contributed by atoms with Crippen molar-refractivity contribution in [3.05, 3.63) is 249 Å². The van der Waals surface area contributed by atoms with Crippen LogP contribution in [0.5, 0.6) is 0 Å². The van der Waals surface area contributed by atoms with Crippen molar-refractivity contribution in [3.63, 3.8) is 0 Å². The second kappa shape index (κ2) is 20.1. The molecule has 0 spiro atoms. The Balaban J connectivity index is 0.000000168. The zero-order valence-corrected chi connectivity index (χ0v) is 40.1. The van der Waals surface area contributed by atoms with Gasteiger partial charge in [0.25, 0.3) is 5.69 Å². The van der Waals surface area contributed by atoms with Crippen LogP contribution in [-0.4, -0.2) is 34.8 Å². The smallest absolute Gasteiger partial charge is 0.278 e. The van der Waals surface area contributed by atoms with Gasteiger partial charge in [-0.15, -0.1) is 0 Å². The summed E-state index contributed by atoms with van der Waals surface area (Å²) in [6.07, 6.45) is 0. The van der Waals surface area contributed by atoms with Gasteiger partial charge in [-0.25, -0.2) is 15.0 Å². The summed E-state index contributed by atoms with van der Waals surface area (Å²) in [7, 11) is 0. The monoisotopic (exact) mass is 1050 g/mol. The van der Waals surface area contributed by atoms with Crippen molar-refractivity contribution in [1.82, 2.24) is 24.1 Å². The molecule has 0 atom stereocenters. The van der Waals surface area contributed by atoms with E-state index < -0.39 is 4.92 Å². The number of ketones is 1. The van der Waals surface area contributed by atoms with Crippen LogP contribution >= 0.6 is 31.9 Å². The van der Waals surface area contributed by atoms with Crippen molar-refractivity contribution >= 4 is 65.3 Å². The fraction of sp³-hybridized carbons (Fsp3) is 0. The summed E-state index contributed by atoms with van der Waals surface area (Å²) in [5, 5.41) is 12.9. The third kappa shape index (κ3) is 8.98. The molecule has 0 bridgehead atoms. The van der Waals surface area contributed by atoms with Crippen LogP contribution in [0.1, 0.15) is 16.1 Å². The molecule has 330 valence electrons. The standard InChI is InChI=1S/C28H18BrN3O3.C28H18BrN3.Fe/c29-21-17-15-20(16-18-21)28-30-25(23-13-7-8-14-24(23)32(34)35)26(27(33)19-9-3-1-4-10-19)31(28)22-11-5-2-6-12-22;29-21-17-15-20(16-18-21)28-31-26-23-13-7-8-14-24(23)30-25(19-9-3-1-4-10-19)27(26)32(28)22-11-5-2-6-12-22;/h1-18H;1-18H;. The summed E-state index contributed by atoms with van der Waals surface area (Å²) in [4.78, 5) is 40.6. The Morgan fingerprint density at radius 2 is 0.971 bits per heavy atom. The van der Waals surface area contributed by atoms with Crippen LogP contribution in [0.15, 0.2) is 227 Å². The number of nitrogens with zero attached hydrogens (tertiary/aromatic N) is 6. The number of fused-ring (bicyclic) bond motifs is 3. The maximum Gasteiger partial charge on any atom is 0.278 e. The summed E-state index contributed by atoms with van der Waals surface area (Å²) < 4.78 is 5.96. The zero-order chi connectivity index (χ0) is 45.9. The third-order valence-corrected chi connectivity index (χ3v) is 12.3. The van der Waals surface area contributed by atoms with Gasteiger partial charge in [0.05, 0.1) is 21.7 Å². The van der Waals surface area contributed by atoms with Crippen LogP contribution in [0.3, 0.4) is 0 Å². The van der Waals surface area contributed by atoms with Crippen LogP contribution in [0.2, 0.25) is 0 Å². The minimum Gasteiger partial charge on any atom is -0.290 e. The molecule has 0 saturated heterocycles. The number of para-hydroxylation sites is 4. The molecule has 0 saturated carbocycles. The molecule has 0 amide bonds. The first-order chi connectivity index (χ1) is 32.8. The Morgan fingerprint density at radius 1 is 0.485 bits per heavy atom. The fourth-order valence-electron chi connectivity index (χ4n) is 8.19. The Bertz CT molecular complexity index is 3570. The number of carbonyl (C=O) groups is 1. The van der Waals surface area contributed by atoms with E-state index in [0.717, 1.165) is 70.5 Å². The Morgan fingerprint density at radius 3 is 1.56 bits per heavy atom. The molecule has 0 fully saturated rings. The normalized spacial score (nSPS) is 10.9. The molecule has 0 N–H and O–H groups in total. The van der Waals surface area contributed by atoms with Gasteiger partial charge < -0.3 is 0 Å². The van der Waals surface area contributed by atoms with Crippen LogP contribution in [0.25, 0.3) is 78.6 Å². The first-order valence-electron chi connectivity index (χ1n) is 21.3. The number of imidazole rings is 2. The summed E-state index contributed by atoms with van der Waals surface area (Å²) in [5.74, 6) is 1.13. The molecule has 0 aliphatic rings. The van der Waals surface area contributed by atoms with Crippen LogP contribution in [-0.2, 0) is 17.1 Å². The van der Waals surface area contributed by atoms with Crippen molar-refractivity contribution in [2.24, 2.45) is 0 Å². The van der Waals surface area contributed by atoms with Crippen molar-refractivity contribution in [2.75, 3.05) is 0 Å². The van der Waals surface area contributed by atoms with Crippen molar-refractivity contribution < 1.29 is 26.8 Å². The summed E-state index contributed by atoms with van der Waals surface area (Å²) in [6.45, 7) is 0. The number of carbonyl (C=O) groups excluding carboxylic acids is 1. The average molecular weight is 1060 g/mol. The van der Waals surface area contributed by atoms with Gasteiger partial charge >= 0.3 is 0 Å². The van der Waals surface area contributed by atoms with Gasteiger partial charge in [0.1, 0.15) is 34.1 Å². The largest absolute Gasteiger partial charge is 0.290 e. The zero-order valence-electron chi connectivity index (χ0n) is 35.8. The number of aromatic nitrogens is 5. The van der Waals surface area contributed by atoms with Crippen molar-refractivity contribution in [2.45, 2.75) is 0 Å². The van der Waals surface area contributed by atoms with Gasteiger partial charge in [0, 0.05) is 71.1 Å². The number of rotatable bonds is 9. The van der Waals surface area contributed by atoms with Gasteiger partial charge in [0.2, 0.25) is 5.78 Å². The average Bonchev–Trinajstić information content (AvgIpc) is 3.99. The van der Waals surface area contributed by atoms with Crippen LogP contribution in [0, 0.1) is 10.1 Å². The number of hydrogen-bond donors (Lipinski definition) is 0. The van der Waals surface area contributed by atoms with E-state index in [0.29, 0.717) is 11.4 Å². The van der Waals surface area contributed by atoms with Gasteiger partial charge in [-0.1, -0.05) is 184 Å². The van der Waals surface area contributed by atoms with Gasteiger partial charge in [-0.2, -0.15) is 0 Å². The van der Waals surface area contributed by atoms with E-state index in [1.807, 2.05) is 84.9 Å². The quantitative estimate of drug-likeness (QED) is 0.0616. The molecule has 0 unspecified atom stereocenters. The molecule has 9 nitrogen and oxygen atoms in total. The van der Waals surface area contributed by atoms with E-state index >= 15 is 0 Å². The summed E-state index contributed by atoms with van der Waals surface area (Å²) in [6, 6.07) is 69.5. The van der Waals surface area contributed by atoms with Gasteiger partial charge in [-0.3, -0.25) is 24.0 Å². The van der Waals surface area contributed by atoms with Crippen LogP contribution in [0.4, 0.5) is 5.69 Å². The Kier molecular flexibility index (Phi) is 13.5. The maximum atomic E-state index is 14.0. The predicted molar refractivity (Wildman–Crippen MR) is 274 cm³/mol. The summed E-state index contributed by atoms with van der Waals surface area (Å²) in [5.41, 5.74) is 9.66. The van der Waals surface area contributed by atoms with E-state index in [1.165, 1.54) is 6.07 Å². The molecule has 3 heterocycles. The number of halogens is 2. The van der Waals surface area contributed by atoms with E-state index in [-0.39, 0.29) is 45.5 Å². The van der Waals surface area contributed by atoms with Crippen LogP contribution < -0.4 is 0 Å². The molecular formula is C56H36Br2FeN6O3. The maximum absolute atomic E-state index is 14.0. The Hall–Kier alpha value is -7.60. The first kappa shape index (κ1) is 45.6. The van der Waals surface area contributed by atoms with Crippen molar-refractivity contribution in [1.29, 1.82) is 0 Å². The number of nitro groups is 1. The molecule has 11 aromatic rings. The van der Waals surface area contributed by atoms with Crippen molar-refractivity contribution in [3.8, 4) is 56.7 Å². The third-order valence-electron chi connectivity index (χ3n) is 11.3. The molecule has 8 aromatic carbocycles. The molecule has 0 radical (unpaired) electrons. The molecule has 11 rings (SSSR count). The van der Waals surface area contributed by atoms with Gasteiger partial charge in [-0.05, 0) is 60.7 Å². The predicted octanol–water partition coefficient (Wildman–Crippen LogP) is 14.8. The second-order valence-corrected chi connectivity index (χ2v) is 17.3. The minimum absolute atomic E-state index is 0. The van der Waals surface area contributed by atoms with E-state index in [4.69, 9.17) is 15.0 Å². The number of hydrogen-bond acceptors (Lipinski definition) is 6. The molecule has 12 heteroatoms. The van der Waals surface area contributed by atoms with E-state index in [1.54, 1.807) is 47.0 Å². The first-order valence-corrected chi connectivity index (χ1v) is 22.9. The number of benzene rings is 8. The molecule has 0 aliphatic carbocycles. The molecule has 68 heavy (non-hydrogen) atoms. The SMILES string of the molecule is Brc1ccc(-c2nc3c4ccccc4nc(-c4ccccc4)c3n2-c2ccccc2)cc1.O=C(c1ccccc1)c1c(-c2ccccc2[N+](=O)[O-])nc(-c2ccc(Br)cc2)n1-c1ccccc1.[Fe]. The number of nitro benzene ring substituents is 1. The number of pyridine rings is 1. The van der Waals surface area contributed by atoms with E-state index in [9.17, 15) is 14.9 Å². The minimum atomic E-state index is -0.451. The van der Waals surface area contributed by atoms with Gasteiger partial charge in [0.15, 0.2) is 0 Å². The second-order valence-electron chi connectivity index (χ2n) is 15.4. The topological polar surface area (TPSA) is 109 Å². The fourth-order valence-corrected chi connectivity index (χ4v) is 8.72. The Labute approximate surface area is 418 Å². The van der Waals surface area contributed by atoms with E-state index in [2.05, 4.69) is 121 Å².